The Morgan fingerprint density at radius 1 is 1.21 bits per heavy atom. The molecule has 1 saturated heterocycles. The van der Waals surface area contributed by atoms with Crippen molar-refractivity contribution in [1.82, 2.24) is 15.1 Å². The number of likely N-dealkylation sites (tertiary alicyclic amines) is 1. The van der Waals surface area contributed by atoms with Crippen LogP contribution in [0.5, 0.6) is 0 Å². The summed E-state index contributed by atoms with van der Waals surface area (Å²) in [5, 5.41) is 13.5. The second kappa shape index (κ2) is 11.0. The van der Waals surface area contributed by atoms with Crippen molar-refractivity contribution >= 4 is 12.1 Å². The maximum atomic E-state index is 12.4. The number of amides is 1. The van der Waals surface area contributed by atoms with E-state index in [-0.39, 0.29) is 12.2 Å². The fraction of sp³-hybridized carbons (Fsp3) is 0.909. The van der Waals surface area contributed by atoms with Gasteiger partial charge in [0.1, 0.15) is 5.60 Å². The molecule has 2 fully saturated rings. The Balaban J connectivity index is 1.85. The number of nitrogens with one attached hydrogen (secondary N) is 1. The fourth-order valence-corrected chi connectivity index (χ4v) is 4.16. The van der Waals surface area contributed by atoms with Crippen LogP contribution in [-0.2, 0) is 4.74 Å². The van der Waals surface area contributed by atoms with Crippen LogP contribution in [0, 0.1) is 11.8 Å². The van der Waals surface area contributed by atoms with Crippen molar-refractivity contribution < 1.29 is 14.6 Å². The van der Waals surface area contributed by atoms with Gasteiger partial charge in [-0.25, -0.2) is 4.79 Å². The molecule has 2 aliphatic rings. The van der Waals surface area contributed by atoms with E-state index in [1.165, 1.54) is 0 Å². The van der Waals surface area contributed by atoms with Crippen LogP contribution in [-0.4, -0.2) is 77.9 Å². The second-order valence-corrected chi connectivity index (χ2v) is 9.40. The van der Waals surface area contributed by atoms with E-state index in [0.29, 0.717) is 24.9 Å². The van der Waals surface area contributed by atoms with Gasteiger partial charge >= 0.3 is 6.09 Å². The third kappa shape index (κ3) is 7.68. The van der Waals surface area contributed by atoms with Crippen LogP contribution in [0.4, 0.5) is 4.79 Å². The van der Waals surface area contributed by atoms with E-state index in [9.17, 15) is 9.90 Å². The highest BCUT2D eigenvalue weighted by Gasteiger charge is 2.28. The number of carbonyl (C=O) groups excluding carboxylic acids is 1. The normalized spacial score (nSPS) is 23.9. The van der Waals surface area contributed by atoms with Crippen LogP contribution in [0.1, 0.15) is 66.7 Å². The minimum atomic E-state index is -0.460. The van der Waals surface area contributed by atoms with Crippen LogP contribution < -0.4 is 5.32 Å². The predicted molar refractivity (Wildman–Crippen MR) is 117 cm³/mol. The molecule has 168 valence electrons. The number of piperidine rings is 1. The Bertz CT molecular complexity index is 539. The smallest absolute Gasteiger partial charge is 0.410 e. The van der Waals surface area contributed by atoms with Gasteiger partial charge in [-0.1, -0.05) is 6.42 Å². The zero-order chi connectivity index (χ0) is 21.4. The van der Waals surface area contributed by atoms with Gasteiger partial charge in [-0.2, -0.15) is 0 Å². The Kier molecular flexibility index (Phi) is 9.05. The zero-order valence-corrected chi connectivity index (χ0v) is 19.1. The lowest BCUT2D eigenvalue weighted by Gasteiger charge is -2.36. The third-order valence-corrected chi connectivity index (χ3v) is 5.86. The maximum absolute atomic E-state index is 12.4. The summed E-state index contributed by atoms with van der Waals surface area (Å²) in [6.07, 6.45) is 4.75. The van der Waals surface area contributed by atoms with Gasteiger partial charge in [-0.3, -0.25) is 4.99 Å². The van der Waals surface area contributed by atoms with Crippen molar-refractivity contribution in [3.05, 3.63) is 0 Å². The van der Waals surface area contributed by atoms with Crippen LogP contribution in [0.2, 0.25) is 0 Å². The van der Waals surface area contributed by atoms with Gasteiger partial charge in [0.15, 0.2) is 5.96 Å². The molecule has 0 aromatic rings. The van der Waals surface area contributed by atoms with Crippen molar-refractivity contribution in [1.29, 1.82) is 0 Å². The number of rotatable bonds is 6. The largest absolute Gasteiger partial charge is 0.444 e. The average Bonchev–Trinajstić information content (AvgIpc) is 3.07. The standard InChI is InChI=1S/C22H42N4O3/c1-6-23-20(24-15-18-9-8-10-19(18)27)26-13-11-17(12-14-26)16-25(7-2)21(28)29-22(3,4)5/h17-19,27H,6-16H2,1-5H3,(H,23,24). The van der Waals surface area contributed by atoms with Gasteiger partial charge in [-0.05, 0) is 66.2 Å². The lowest BCUT2D eigenvalue weighted by molar-refractivity contribution is 0.0214. The molecular formula is C22H42N4O3. The minimum Gasteiger partial charge on any atom is -0.444 e. The molecule has 1 aliphatic carbocycles. The van der Waals surface area contributed by atoms with Gasteiger partial charge in [0.25, 0.3) is 0 Å². The molecule has 0 bridgehead atoms. The summed E-state index contributed by atoms with van der Waals surface area (Å²) >= 11 is 0. The number of carbonyl (C=O) groups is 1. The van der Waals surface area contributed by atoms with E-state index in [2.05, 4.69) is 17.1 Å². The fourth-order valence-electron chi connectivity index (χ4n) is 4.16. The molecule has 1 amide bonds. The lowest BCUT2D eigenvalue weighted by atomic mass is 9.96. The average molecular weight is 411 g/mol. The molecule has 0 aromatic carbocycles. The maximum Gasteiger partial charge on any atom is 0.410 e. The molecule has 2 unspecified atom stereocenters. The number of hydrogen-bond donors (Lipinski definition) is 2. The molecule has 0 spiro atoms. The van der Waals surface area contributed by atoms with Gasteiger partial charge in [0.05, 0.1) is 6.10 Å². The number of aliphatic hydroxyl groups is 1. The molecule has 29 heavy (non-hydrogen) atoms. The monoisotopic (exact) mass is 410 g/mol. The van der Waals surface area contributed by atoms with E-state index in [4.69, 9.17) is 9.73 Å². The lowest BCUT2D eigenvalue weighted by Crippen LogP contribution is -2.48. The van der Waals surface area contributed by atoms with Crippen molar-refractivity contribution in [3.8, 4) is 0 Å². The third-order valence-electron chi connectivity index (χ3n) is 5.86. The summed E-state index contributed by atoms with van der Waals surface area (Å²) in [6.45, 7) is 14.7. The number of nitrogens with zero attached hydrogens (tertiary/aromatic N) is 3. The van der Waals surface area contributed by atoms with E-state index in [1.807, 2.05) is 32.6 Å². The zero-order valence-electron chi connectivity index (χ0n) is 19.1. The van der Waals surface area contributed by atoms with Crippen molar-refractivity contribution in [2.75, 3.05) is 39.3 Å². The summed E-state index contributed by atoms with van der Waals surface area (Å²) in [6, 6.07) is 0. The highest BCUT2D eigenvalue weighted by molar-refractivity contribution is 5.80. The van der Waals surface area contributed by atoms with Gasteiger partial charge in [-0.15, -0.1) is 0 Å². The number of guanidine groups is 1. The van der Waals surface area contributed by atoms with E-state index in [1.54, 1.807) is 0 Å². The molecule has 0 radical (unpaired) electrons. The summed E-state index contributed by atoms with van der Waals surface area (Å²) < 4.78 is 5.54. The van der Waals surface area contributed by atoms with Crippen LogP contribution in [0.15, 0.2) is 4.99 Å². The Labute approximate surface area is 176 Å². The second-order valence-electron chi connectivity index (χ2n) is 9.40. The summed E-state index contributed by atoms with van der Waals surface area (Å²) in [4.78, 5) is 21.4. The van der Waals surface area contributed by atoms with E-state index >= 15 is 0 Å². The molecular weight excluding hydrogens is 368 g/mol. The minimum absolute atomic E-state index is 0.194. The molecule has 0 aromatic heterocycles. The number of ether oxygens (including phenoxy) is 1. The summed E-state index contributed by atoms with van der Waals surface area (Å²) in [5.74, 6) is 1.75. The van der Waals surface area contributed by atoms with Crippen LogP contribution in [0.25, 0.3) is 0 Å². The van der Waals surface area contributed by atoms with Crippen molar-refractivity contribution in [3.63, 3.8) is 0 Å². The van der Waals surface area contributed by atoms with Crippen molar-refractivity contribution in [2.45, 2.75) is 78.4 Å². The van der Waals surface area contributed by atoms with E-state index < -0.39 is 5.60 Å². The Morgan fingerprint density at radius 2 is 1.90 bits per heavy atom. The predicted octanol–water partition coefficient (Wildman–Crippen LogP) is 3.08. The quantitative estimate of drug-likeness (QED) is 0.520. The summed E-state index contributed by atoms with van der Waals surface area (Å²) in [5.41, 5.74) is -0.460. The van der Waals surface area contributed by atoms with Crippen LogP contribution in [0.3, 0.4) is 0 Å². The number of aliphatic hydroxyl groups excluding tert-OH is 1. The first-order valence-electron chi connectivity index (χ1n) is 11.4. The first-order chi connectivity index (χ1) is 13.7. The highest BCUT2D eigenvalue weighted by Crippen LogP contribution is 2.26. The first-order valence-corrected chi connectivity index (χ1v) is 11.4. The highest BCUT2D eigenvalue weighted by atomic mass is 16.6. The van der Waals surface area contributed by atoms with Crippen molar-refractivity contribution in [2.24, 2.45) is 16.8 Å². The molecule has 2 rings (SSSR count). The molecule has 1 saturated carbocycles. The summed E-state index contributed by atoms with van der Waals surface area (Å²) in [7, 11) is 0. The number of hydrogen-bond acceptors (Lipinski definition) is 4. The molecule has 1 heterocycles. The SMILES string of the molecule is CCNC(=NCC1CCCC1O)N1CCC(CN(CC)C(=O)OC(C)(C)C)CC1. The van der Waals surface area contributed by atoms with E-state index in [0.717, 1.165) is 64.2 Å². The Hall–Kier alpha value is -1.50. The topological polar surface area (TPSA) is 77.4 Å². The molecule has 7 heteroatoms. The van der Waals surface area contributed by atoms with Gasteiger partial charge in [0, 0.05) is 45.2 Å². The van der Waals surface area contributed by atoms with Gasteiger partial charge < -0.3 is 25.0 Å². The molecule has 1 aliphatic heterocycles. The van der Waals surface area contributed by atoms with Crippen LogP contribution >= 0.6 is 0 Å². The number of aliphatic imine (C=N–C) groups is 1. The molecule has 2 N–H and O–H groups in total. The molecule has 7 nitrogen and oxygen atoms in total. The van der Waals surface area contributed by atoms with Gasteiger partial charge in [0.2, 0.25) is 0 Å². The molecule has 2 atom stereocenters. The Morgan fingerprint density at radius 3 is 2.41 bits per heavy atom. The first kappa shape index (κ1) is 23.8.